The minimum Gasteiger partial charge on any atom is -0.496 e. The van der Waals surface area contributed by atoms with Crippen molar-refractivity contribution in [2.75, 3.05) is 7.11 Å². The predicted octanol–water partition coefficient (Wildman–Crippen LogP) is 2.24. The molecule has 1 aromatic heterocycles. The first-order chi connectivity index (χ1) is 8.19. The molecule has 1 heterocycles. The molecule has 0 aliphatic heterocycles. The molecule has 86 valence electrons. The van der Waals surface area contributed by atoms with E-state index in [1.54, 1.807) is 19.2 Å². The van der Waals surface area contributed by atoms with Crippen LogP contribution in [0.3, 0.4) is 0 Å². The third kappa shape index (κ3) is 1.87. The van der Waals surface area contributed by atoms with Crippen LogP contribution in [0.5, 0.6) is 5.75 Å². The van der Waals surface area contributed by atoms with Gasteiger partial charge in [-0.15, -0.1) is 0 Å². The van der Waals surface area contributed by atoms with Crippen molar-refractivity contribution in [1.82, 2.24) is 0 Å². The van der Waals surface area contributed by atoms with Crippen molar-refractivity contribution in [2.45, 2.75) is 13.3 Å². The predicted molar refractivity (Wildman–Crippen MR) is 63.1 cm³/mol. The van der Waals surface area contributed by atoms with Gasteiger partial charge in [-0.3, -0.25) is 0 Å². The Labute approximate surface area is 98.0 Å². The number of benzene rings is 1. The van der Waals surface area contributed by atoms with Gasteiger partial charge in [0.25, 0.3) is 0 Å². The molecule has 0 unspecified atom stereocenters. The lowest BCUT2D eigenvalue weighted by Crippen LogP contribution is -2.03. The molecule has 2 aromatic rings. The van der Waals surface area contributed by atoms with Crippen LogP contribution in [0.15, 0.2) is 27.4 Å². The lowest BCUT2D eigenvalue weighted by molar-refractivity contribution is 0.409. The zero-order valence-electron chi connectivity index (χ0n) is 9.61. The van der Waals surface area contributed by atoms with Crippen LogP contribution in [-0.2, 0) is 6.42 Å². The van der Waals surface area contributed by atoms with E-state index in [1.807, 2.05) is 19.1 Å². The minimum absolute atomic E-state index is 0.0183. The Hall–Kier alpha value is -2.28. The summed E-state index contributed by atoms with van der Waals surface area (Å²) in [4.78, 5) is 11.4. The molecule has 17 heavy (non-hydrogen) atoms. The van der Waals surface area contributed by atoms with Crippen LogP contribution in [0.2, 0.25) is 0 Å². The zero-order chi connectivity index (χ0) is 12.4. The first-order valence-electron chi connectivity index (χ1n) is 5.24. The molecule has 0 saturated heterocycles. The minimum atomic E-state index is -0.619. The van der Waals surface area contributed by atoms with Crippen LogP contribution >= 0.6 is 0 Å². The standard InChI is InChI=1S/C13H11NO3/c1-3-8-4-9-5-10(7-14)13(15)17-12(9)6-11(8)16-2/h4-6H,3H2,1-2H3. The van der Waals surface area contributed by atoms with Crippen LogP contribution in [0.25, 0.3) is 11.0 Å². The van der Waals surface area contributed by atoms with Crippen molar-refractivity contribution in [3.63, 3.8) is 0 Å². The summed E-state index contributed by atoms with van der Waals surface area (Å²) in [5, 5.41) is 9.51. The van der Waals surface area contributed by atoms with Crippen LogP contribution in [-0.4, -0.2) is 7.11 Å². The van der Waals surface area contributed by atoms with E-state index >= 15 is 0 Å². The maximum atomic E-state index is 11.4. The summed E-state index contributed by atoms with van der Waals surface area (Å²) in [5.41, 5.74) is 0.844. The monoisotopic (exact) mass is 229 g/mol. The third-order valence-electron chi connectivity index (χ3n) is 2.64. The molecule has 0 radical (unpaired) electrons. The summed E-state index contributed by atoms with van der Waals surface area (Å²) in [6.07, 6.45) is 0.806. The molecule has 1 aromatic carbocycles. The summed E-state index contributed by atoms with van der Waals surface area (Å²) in [6, 6.07) is 6.91. The molecular weight excluding hydrogens is 218 g/mol. The highest BCUT2D eigenvalue weighted by Gasteiger charge is 2.09. The molecule has 4 heteroatoms. The molecule has 0 spiro atoms. The van der Waals surface area contributed by atoms with Gasteiger partial charge in [-0.05, 0) is 24.1 Å². The second-order valence-electron chi connectivity index (χ2n) is 3.61. The first kappa shape index (κ1) is 11.2. The smallest absolute Gasteiger partial charge is 0.354 e. The number of nitrogens with zero attached hydrogens (tertiary/aromatic N) is 1. The summed E-state index contributed by atoms with van der Waals surface area (Å²) in [6.45, 7) is 2.01. The van der Waals surface area contributed by atoms with E-state index in [1.165, 1.54) is 0 Å². The van der Waals surface area contributed by atoms with E-state index in [9.17, 15) is 4.79 Å². The van der Waals surface area contributed by atoms with Crippen LogP contribution in [0.4, 0.5) is 0 Å². The highest BCUT2D eigenvalue weighted by molar-refractivity contribution is 5.80. The molecule has 0 saturated carbocycles. The fraction of sp³-hybridized carbons (Fsp3) is 0.231. The van der Waals surface area contributed by atoms with Gasteiger partial charge in [0, 0.05) is 11.5 Å². The topological polar surface area (TPSA) is 63.2 Å². The van der Waals surface area contributed by atoms with E-state index in [0.717, 1.165) is 17.4 Å². The Kier molecular flexibility index (Phi) is 2.84. The van der Waals surface area contributed by atoms with Crippen molar-refractivity contribution in [1.29, 1.82) is 5.26 Å². The van der Waals surface area contributed by atoms with Crippen molar-refractivity contribution in [3.05, 3.63) is 39.7 Å². The number of rotatable bonds is 2. The van der Waals surface area contributed by atoms with Gasteiger partial charge in [-0.2, -0.15) is 5.26 Å². The fourth-order valence-electron chi connectivity index (χ4n) is 1.74. The zero-order valence-corrected chi connectivity index (χ0v) is 9.61. The highest BCUT2D eigenvalue weighted by Crippen LogP contribution is 2.25. The normalized spacial score (nSPS) is 10.2. The first-order valence-corrected chi connectivity index (χ1v) is 5.24. The summed E-state index contributed by atoms with van der Waals surface area (Å²) >= 11 is 0. The van der Waals surface area contributed by atoms with E-state index in [-0.39, 0.29) is 5.56 Å². The van der Waals surface area contributed by atoms with E-state index in [0.29, 0.717) is 11.3 Å². The van der Waals surface area contributed by atoms with Gasteiger partial charge in [0.05, 0.1) is 7.11 Å². The summed E-state index contributed by atoms with van der Waals surface area (Å²) in [7, 11) is 1.57. The Morgan fingerprint density at radius 2 is 2.18 bits per heavy atom. The number of aryl methyl sites for hydroxylation is 1. The number of nitriles is 1. The number of methoxy groups -OCH3 is 1. The second kappa shape index (κ2) is 4.30. The van der Waals surface area contributed by atoms with Crippen LogP contribution < -0.4 is 10.4 Å². The fourth-order valence-corrected chi connectivity index (χ4v) is 1.74. The SMILES string of the molecule is CCc1cc2cc(C#N)c(=O)oc2cc1OC. The van der Waals surface area contributed by atoms with Crippen LogP contribution in [0.1, 0.15) is 18.1 Å². The van der Waals surface area contributed by atoms with Gasteiger partial charge >= 0.3 is 5.63 Å². The number of ether oxygens (including phenoxy) is 1. The van der Waals surface area contributed by atoms with E-state index in [2.05, 4.69) is 0 Å². The number of fused-ring (bicyclic) bond motifs is 1. The molecule has 0 aliphatic carbocycles. The maximum absolute atomic E-state index is 11.4. The molecule has 0 amide bonds. The highest BCUT2D eigenvalue weighted by atomic mass is 16.5. The average molecular weight is 229 g/mol. The van der Waals surface area contributed by atoms with Crippen molar-refractivity contribution in [2.24, 2.45) is 0 Å². The van der Waals surface area contributed by atoms with Crippen molar-refractivity contribution in [3.8, 4) is 11.8 Å². The summed E-state index contributed by atoms with van der Waals surface area (Å²) in [5.74, 6) is 0.688. The Balaban J connectivity index is 2.80. The van der Waals surface area contributed by atoms with Gasteiger partial charge in [-0.1, -0.05) is 6.92 Å². The maximum Gasteiger partial charge on any atom is 0.354 e. The summed E-state index contributed by atoms with van der Waals surface area (Å²) < 4.78 is 10.3. The van der Waals surface area contributed by atoms with E-state index < -0.39 is 5.63 Å². The number of hydrogen-bond acceptors (Lipinski definition) is 4. The van der Waals surface area contributed by atoms with Gasteiger partial charge < -0.3 is 9.15 Å². The molecular formula is C13H11NO3. The lowest BCUT2D eigenvalue weighted by Gasteiger charge is -2.07. The Morgan fingerprint density at radius 3 is 2.76 bits per heavy atom. The van der Waals surface area contributed by atoms with Gasteiger partial charge in [0.1, 0.15) is 23.0 Å². The Bertz CT molecular complexity index is 665. The molecule has 4 nitrogen and oxygen atoms in total. The van der Waals surface area contributed by atoms with Gasteiger partial charge in [0.2, 0.25) is 0 Å². The van der Waals surface area contributed by atoms with Crippen molar-refractivity contribution >= 4 is 11.0 Å². The molecule has 2 rings (SSSR count). The quantitative estimate of drug-likeness (QED) is 0.741. The third-order valence-corrected chi connectivity index (χ3v) is 2.64. The molecule has 0 fully saturated rings. The van der Waals surface area contributed by atoms with Crippen LogP contribution in [0, 0.1) is 11.3 Å². The van der Waals surface area contributed by atoms with E-state index in [4.69, 9.17) is 14.4 Å². The number of hydrogen-bond donors (Lipinski definition) is 0. The molecule has 0 atom stereocenters. The largest absolute Gasteiger partial charge is 0.496 e. The average Bonchev–Trinajstić information content (AvgIpc) is 2.36. The van der Waals surface area contributed by atoms with Gasteiger partial charge in [-0.25, -0.2) is 4.79 Å². The lowest BCUT2D eigenvalue weighted by atomic mass is 10.1. The molecule has 0 N–H and O–H groups in total. The van der Waals surface area contributed by atoms with Crippen molar-refractivity contribution < 1.29 is 9.15 Å². The molecule has 0 bridgehead atoms. The van der Waals surface area contributed by atoms with Gasteiger partial charge in [0.15, 0.2) is 0 Å². The Morgan fingerprint density at radius 1 is 1.41 bits per heavy atom. The second-order valence-corrected chi connectivity index (χ2v) is 3.61. The molecule has 0 aliphatic rings.